The van der Waals surface area contributed by atoms with Crippen LogP contribution in [0.4, 0.5) is 18.9 Å². The smallest absolute Gasteiger partial charge is 0.393 e. The first-order valence-corrected chi connectivity index (χ1v) is 9.26. The number of alkyl halides is 3. The average molecular weight is 406 g/mol. The van der Waals surface area contributed by atoms with E-state index in [1.54, 1.807) is 29.2 Å². The van der Waals surface area contributed by atoms with E-state index in [0.29, 0.717) is 31.6 Å². The molecule has 0 aromatic heterocycles. The number of aliphatic hydroxyl groups is 1. The lowest BCUT2D eigenvalue weighted by Crippen LogP contribution is -2.40. The molecule has 0 atom stereocenters. The molecular weight excluding hydrogens is 385 g/mol. The third kappa shape index (κ3) is 5.35. The Labute approximate surface area is 166 Å². The normalized spacial score (nSPS) is 15.2. The number of hydrogen-bond acceptors (Lipinski definition) is 3. The van der Waals surface area contributed by atoms with Crippen LogP contribution < -0.4 is 5.32 Å². The van der Waals surface area contributed by atoms with E-state index < -0.39 is 23.2 Å². The van der Waals surface area contributed by atoms with Gasteiger partial charge in [-0.2, -0.15) is 13.2 Å². The number of amides is 2. The topological polar surface area (TPSA) is 69.6 Å². The Bertz CT molecular complexity index is 873. The van der Waals surface area contributed by atoms with Crippen molar-refractivity contribution in [3.05, 3.63) is 65.2 Å². The minimum atomic E-state index is -4.62. The van der Waals surface area contributed by atoms with Crippen LogP contribution in [0.1, 0.15) is 34.3 Å². The number of anilines is 1. The van der Waals surface area contributed by atoms with E-state index in [0.717, 1.165) is 17.7 Å². The Morgan fingerprint density at radius 1 is 1.03 bits per heavy atom. The largest absolute Gasteiger partial charge is 0.417 e. The maximum atomic E-state index is 13.1. The van der Waals surface area contributed by atoms with Crippen LogP contribution in [0.2, 0.25) is 0 Å². The van der Waals surface area contributed by atoms with Crippen LogP contribution in [0.5, 0.6) is 0 Å². The maximum Gasteiger partial charge on any atom is 0.417 e. The van der Waals surface area contributed by atoms with E-state index in [2.05, 4.69) is 5.32 Å². The van der Waals surface area contributed by atoms with E-state index in [4.69, 9.17) is 0 Å². The van der Waals surface area contributed by atoms with Crippen LogP contribution in [0.3, 0.4) is 0 Å². The number of rotatable bonds is 4. The Hall–Kier alpha value is -2.87. The summed E-state index contributed by atoms with van der Waals surface area (Å²) in [5.74, 6) is -0.901. The maximum absolute atomic E-state index is 13.1. The van der Waals surface area contributed by atoms with Crippen LogP contribution in [0.15, 0.2) is 48.5 Å². The van der Waals surface area contributed by atoms with Gasteiger partial charge >= 0.3 is 6.18 Å². The lowest BCUT2D eigenvalue weighted by atomic mass is 10.1. The molecule has 1 aliphatic rings. The SMILES string of the molecule is O=C(Nc1ccc(CC(=O)N2CCC(O)CC2)cc1)c1ccccc1C(F)(F)F. The van der Waals surface area contributed by atoms with E-state index in [1.165, 1.54) is 12.1 Å². The highest BCUT2D eigenvalue weighted by Gasteiger charge is 2.34. The van der Waals surface area contributed by atoms with Crippen LogP contribution in [0.25, 0.3) is 0 Å². The zero-order valence-corrected chi connectivity index (χ0v) is 15.6. The number of carbonyl (C=O) groups is 2. The van der Waals surface area contributed by atoms with Gasteiger partial charge in [0, 0.05) is 18.8 Å². The number of halogens is 3. The molecule has 0 radical (unpaired) electrons. The third-order valence-corrected chi connectivity index (χ3v) is 4.86. The first-order chi connectivity index (χ1) is 13.7. The molecule has 0 aliphatic carbocycles. The highest BCUT2D eigenvalue weighted by atomic mass is 19.4. The number of piperidine rings is 1. The number of nitrogens with zero attached hydrogens (tertiary/aromatic N) is 1. The number of nitrogens with one attached hydrogen (secondary N) is 1. The molecule has 154 valence electrons. The number of carbonyl (C=O) groups excluding carboxylic acids is 2. The summed E-state index contributed by atoms with van der Waals surface area (Å²) in [6.45, 7) is 1.04. The molecule has 0 unspecified atom stereocenters. The van der Waals surface area contributed by atoms with Gasteiger partial charge in [0.1, 0.15) is 0 Å². The van der Waals surface area contributed by atoms with Gasteiger partial charge in [0.05, 0.1) is 23.7 Å². The summed E-state index contributed by atoms with van der Waals surface area (Å²) in [4.78, 5) is 26.3. The molecule has 1 aliphatic heterocycles. The Morgan fingerprint density at radius 3 is 2.28 bits per heavy atom. The fourth-order valence-corrected chi connectivity index (χ4v) is 3.23. The second kappa shape index (κ2) is 8.65. The fraction of sp³-hybridized carbons (Fsp3) is 0.333. The number of likely N-dealkylation sites (tertiary alicyclic amines) is 1. The van der Waals surface area contributed by atoms with Crippen molar-refractivity contribution in [3.8, 4) is 0 Å². The molecule has 3 rings (SSSR count). The van der Waals surface area contributed by atoms with Crippen LogP contribution >= 0.6 is 0 Å². The number of hydrogen-bond donors (Lipinski definition) is 2. The molecule has 2 aromatic rings. The predicted octanol–water partition coefficient (Wildman–Crippen LogP) is 3.48. The molecule has 0 spiro atoms. The molecule has 5 nitrogen and oxygen atoms in total. The molecule has 2 aromatic carbocycles. The zero-order valence-electron chi connectivity index (χ0n) is 15.6. The van der Waals surface area contributed by atoms with Crippen LogP contribution in [0, 0.1) is 0 Å². The minimum Gasteiger partial charge on any atom is -0.393 e. The Balaban J connectivity index is 1.62. The van der Waals surface area contributed by atoms with Crippen LogP contribution in [-0.4, -0.2) is 41.0 Å². The lowest BCUT2D eigenvalue weighted by molar-refractivity contribution is -0.138. The summed E-state index contributed by atoms with van der Waals surface area (Å²) in [5, 5.41) is 12.0. The van der Waals surface area contributed by atoms with Crippen molar-refractivity contribution in [2.75, 3.05) is 18.4 Å². The number of aliphatic hydroxyl groups excluding tert-OH is 1. The van der Waals surface area contributed by atoms with Gasteiger partial charge in [0.25, 0.3) is 5.91 Å². The molecule has 1 heterocycles. The van der Waals surface area contributed by atoms with E-state index in [1.807, 2.05) is 0 Å². The third-order valence-electron chi connectivity index (χ3n) is 4.86. The van der Waals surface area contributed by atoms with Crippen molar-refractivity contribution in [2.45, 2.75) is 31.5 Å². The molecule has 0 saturated carbocycles. The van der Waals surface area contributed by atoms with Crippen molar-refractivity contribution in [3.63, 3.8) is 0 Å². The molecule has 2 N–H and O–H groups in total. The second-order valence-corrected chi connectivity index (χ2v) is 6.98. The van der Waals surface area contributed by atoms with Gasteiger partial charge in [-0.15, -0.1) is 0 Å². The van der Waals surface area contributed by atoms with E-state index >= 15 is 0 Å². The lowest BCUT2D eigenvalue weighted by Gasteiger charge is -2.29. The van der Waals surface area contributed by atoms with Gasteiger partial charge in [0.2, 0.25) is 5.91 Å². The summed E-state index contributed by atoms with van der Waals surface area (Å²) in [7, 11) is 0. The van der Waals surface area contributed by atoms with Crippen molar-refractivity contribution in [1.82, 2.24) is 4.90 Å². The predicted molar refractivity (Wildman–Crippen MR) is 101 cm³/mol. The van der Waals surface area contributed by atoms with E-state index in [9.17, 15) is 27.9 Å². The van der Waals surface area contributed by atoms with E-state index in [-0.39, 0.29) is 18.4 Å². The molecular formula is C21H21F3N2O3. The Kier molecular flexibility index (Phi) is 6.22. The molecule has 1 fully saturated rings. The summed E-state index contributed by atoms with van der Waals surface area (Å²) < 4.78 is 39.2. The van der Waals surface area contributed by atoms with Crippen molar-refractivity contribution in [2.24, 2.45) is 0 Å². The summed E-state index contributed by atoms with van der Waals surface area (Å²) in [5.41, 5.74) is -0.378. The first-order valence-electron chi connectivity index (χ1n) is 9.26. The second-order valence-electron chi connectivity index (χ2n) is 6.98. The minimum absolute atomic E-state index is 0.0483. The van der Waals surface area contributed by atoms with Gasteiger partial charge in [0.15, 0.2) is 0 Å². The van der Waals surface area contributed by atoms with Gasteiger partial charge < -0.3 is 15.3 Å². The average Bonchev–Trinajstić information content (AvgIpc) is 2.69. The summed E-state index contributed by atoms with van der Waals surface area (Å²) >= 11 is 0. The van der Waals surface area contributed by atoms with Crippen molar-refractivity contribution < 1.29 is 27.9 Å². The number of benzene rings is 2. The molecule has 8 heteroatoms. The Morgan fingerprint density at radius 2 is 1.66 bits per heavy atom. The highest BCUT2D eigenvalue weighted by molar-refractivity contribution is 6.05. The molecule has 2 amide bonds. The fourth-order valence-electron chi connectivity index (χ4n) is 3.23. The summed E-state index contributed by atoms with van der Waals surface area (Å²) in [6.07, 6.45) is -3.67. The van der Waals surface area contributed by atoms with Crippen molar-refractivity contribution >= 4 is 17.5 Å². The first kappa shape index (κ1) is 20.9. The standard InChI is InChI=1S/C21H21F3N2O3/c22-21(23,24)18-4-2-1-3-17(18)20(29)25-15-7-5-14(6-8-15)13-19(28)26-11-9-16(27)10-12-26/h1-8,16,27H,9-13H2,(H,25,29). The van der Waals surface area contributed by atoms with Crippen LogP contribution in [-0.2, 0) is 17.4 Å². The molecule has 0 bridgehead atoms. The van der Waals surface area contributed by atoms with Gasteiger partial charge in [-0.05, 0) is 42.7 Å². The van der Waals surface area contributed by atoms with Gasteiger partial charge in [-0.25, -0.2) is 0 Å². The molecule has 1 saturated heterocycles. The summed E-state index contributed by atoms with van der Waals surface area (Å²) in [6, 6.07) is 11.0. The van der Waals surface area contributed by atoms with Gasteiger partial charge in [-0.3, -0.25) is 9.59 Å². The zero-order chi connectivity index (χ0) is 21.0. The highest BCUT2D eigenvalue weighted by Crippen LogP contribution is 2.32. The van der Waals surface area contributed by atoms with Gasteiger partial charge in [-0.1, -0.05) is 24.3 Å². The quantitative estimate of drug-likeness (QED) is 0.817. The monoisotopic (exact) mass is 406 g/mol. The van der Waals surface area contributed by atoms with Crippen molar-refractivity contribution in [1.29, 1.82) is 0 Å². The molecule has 29 heavy (non-hydrogen) atoms.